The van der Waals surface area contributed by atoms with Crippen LogP contribution in [0.1, 0.15) is 5.56 Å². The molecule has 8 heteroatoms. The monoisotopic (exact) mass is 299 g/mol. The largest absolute Gasteiger partial charge is 0.709 e. The first-order chi connectivity index (χ1) is 9.00. The highest BCUT2D eigenvalue weighted by atomic mass is 35.5. The summed E-state index contributed by atoms with van der Waals surface area (Å²) in [4.78, 5) is 25.6. The molecule has 1 aromatic carbocycles. The van der Waals surface area contributed by atoms with Crippen LogP contribution in [0.15, 0.2) is 40.1 Å². The second-order valence-corrected chi connectivity index (χ2v) is 5.12. The fourth-order valence-corrected chi connectivity index (χ4v) is 2.49. The van der Waals surface area contributed by atoms with Crippen molar-refractivity contribution in [3.8, 4) is 5.75 Å². The summed E-state index contributed by atoms with van der Waals surface area (Å²) in [6.45, 7) is 1.49. The van der Waals surface area contributed by atoms with Gasteiger partial charge in [-0.2, -0.15) is 0 Å². The highest BCUT2D eigenvalue weighted by Gasteiger charge is 2.30. The van der Waals surface area contributed by atoms with E-state index in [0.29, 0.717) is 4.34 Å². The Bertz CT molecular complexity index is 753. The maximum Gasteiger partial charge on any atom is 0.709 e. The number of aryl methyl sites for hydroxylation is 1. The first-order valence-electron chi connectivity index (χ1n) is 5.22. The van der Waals surface area contributed by atoms with Crippen LogP contribution in [-0.4, -0.2) is 9.32 Å². The maximum absolute atomic E-state index is 12.0. The molecule has 1 heterocycles. The van der Waals surface area contributed by atoms with Crippen molar-refractivity contribution < 1.29 is 9.09 Å². The lowest BCUT2D eigenvalue weighted by Gasteiger charge is -1.96. The lowest BCUT2D eigenvalue weighted by atomic mass is 10.3. The molecule has 0 aliphatic carbocycles. The van der Waals surface area contributed by atoms with E-state index in [-0.39, 0.29) is 16.3 Å². The summed E-state index contributed by atoms with van der Waals surface area (Å²) in [5.41, 5.74) is -1.22. The molecule has 98 valence electrons. The Labute approximate surface area is 113 Å². The van der Waals surface area contributed by atoms with E-state index in [4.69, 9.17) is 16.1 Å². The summed E-state index contributed by atoms with van der Waals surface area (Å²) in [7, 11) is -2.70. The van der Waals surface area contributed by atoms with Gasteiger partial charge >= 0.3 is 19.4 Å². The Kier molecular flexibility index (Phi) is 3.83. The molecule has 0 amide bonds. The first-order valence-corrected chi connectivity index (χ1v) is 6.73. The lowest BCUT2D eigenvalue weighted by molar-refractivity contribution is 0.491. The van der Waals surface area contributed by atoms with Gasteiger partial charge in [-0.3, -0.25) is 4.79 Å². The number of para-hydroxylation sites is 1. The number of aromatic amines is 1. The highest BCUT2D eigenvalue weighted by Crippen LogP contribution is 2.31. The molecule has 0 bridgehead atoms. The van der Waals surface area contributed by atoms with Crippen LogP contribution < -0.4 is 15.8 Å². The summed E-state index contributed by atoms with van der Waals surface area (Å²) >= 11 is 5.84. The Morgan fingerprint density at radius 3 is 2.68 bits per heavy atom. The predicted molar refractivity (Wildman–Crippen MR) is 71.1 cm³/mol. The van der Waals surface area contributed by atoms with Crippen LogP contribution in [0.25, 0.3) is 0 Å². The van der Waals surface area contributed by atoms with Crippen molar-refractivity contribution in [1.29, 1.82) is 0 Å². The van der Waals surface area contributed by atoms with Crippen LogP contribution in [0.2, 0.25) is 5.02 Å². The van der Waals surface area contributed by atoms with Gasteiger partial charge in [0.15, 0.2) is 0 Å². The number of rotatable bonds is 3. The zero-order chi connectivity index (χ0) is 14.0. The van der Waals surface area contributed by atoms with Crippen LogP contribution in [0.3, 0.4) is 0 Å². The Morgan fingerprint density at radius 1 is 1.32 bits per heavy atom. The molecule has 0 spiro atoms. The zero-order valence-electron chi connectivity index (χ0n) is 9.79. The molecule has 0 saturated carbocycles. The van der Waals surface area contributed by atoms with Crippen LogP contribution in [-0.2, 0) is 4.57 Å². The van der Waals surface area contributed by atoms with E-state index in [1.54, 1.807) is 18.2 Å². The molecule has 1 atom stereocenters. The van der Waals surface area contributed by atoms with Gasteiger partial charge in [0.25, 0.3) is 0 Å². The molecular weight excluding hydrogens is 291 g/mol. The summed E-state index contributed by atoms with van der Waals surface area (Å²) in [6.07, 6.45) is 1.25. The van der Waals surface area contributed by atoms with Gasteiger partial charge in [0.1, 0.15) is 0 Å². The smallest absolute Gasteiger partial charge is 0.311 e. The summed E-state index contributed by atoms with van der Waals surface area (Å²) < 4.78 is 17.6. The van der Waals surface area contributed by atoms with E-state index in [2.05, 4.69) is 4.98 Å². The zero-order valence-corrected chi connectivity index (χ0v) is 11.4. The number of halogens is 1. The normalized spacial score (nSPS) is 11.2. The molecule has 0 radical (unpaired) electrons. The second-order valence-electron chi connectivity index (χ2n) is 3.65. The second kappa shape index (κ2) is 5.38. The number of benzene rings is 1. The molecule has 1 unspecified atom stereocenters. The minimum absolute atomic E-state index is 0.137. The Balaban J connectivity index is 2.42. The number of nitrogens with zero attached hydrogens (tertiary/aromatic N) is 1. The van der Waals surface area contributed by atoms with Crippen molar-refractivity contribution in [2.45, 2.75) is 6.92 Å². The Hall–Kier alpha value is -1.91. The van der Waals surface area contributed by atoms with Gasteiger partial charge in [0, 0.05) is 16.3 Å². The Morgan fingerprint density at radius 2 is 2.00 bits per heavy atom. The van der Waals surface area contributed by atoms with Gasteiger partial charge in [-0.25, -0.2) is 9.32 Å². The molecular formula is C11H9ClN2O4P+. The molecule has 19 heavy (non-hydrogen) atoms. The highest BCUT2D eigenvalue weighted by molar-refractivity contribution is 7.37. The van der Waals surface area contributed by atoms with Gasteiger partial charge in [-0.05, 0) is 23.4 Å². The van der Waals surface area contributed by atoms with Crippen LogP contribution in [0, 0.1) is 6.92 Å². The van der Waals surface area contributed by atoms with E-state index in [9.17, 15) is 14.2 Å². The van der Waals surface area contributed by atoms with Gasteiger partial charge in [0.2, 0.25) is 5.75 Å². The number of H-pyrrole nitrogens is 1. The minimum Gasteiger partial charge on any atom is -0.311 e. The SMILES string of the molecule is Cc1c[nH]c(=O)n([P+](=O)Oc2ccccc2Cl)c1=O. The third kappa shape index (κ3) is 2.75. The van der Waals surface area contributed by atoms with Gasteiger partial charge in [-0.15, -0.1) is 0 Å². The van der Waals surface area contributed by atoms with E-state index in [1.165, 1.54) is 19.2 Å². The topological polar surface area (TPSA) is 81.2 Å². The third-order valence-corrected chi connectivity index (χ3v) is 3.67. The van der Waals surface area contributed by atoms with Crippen molar-refractivity contribution in [3.05, 3.63) is 61.9 Å². The van der Waals surface area contributed by atoms with E-state index >= 15 is 0 Å². The molecule has 0 fully saturated rings. The first kappa shape index (κ1) is 13.5. The quantitative estimate of drug-likeness (QED) is 0.880. The number of aromatic nitrogens is 2. The van der Waals surface area contributed by atoms with Crippen LogP contribution >= 0.6 is 19.8 Å². The fourth-order valence-electron chi connectivity index (χ4n) is 1.34. The van der Waals surface area contributed by atoms with E-state index in [1.807, 2.05) is 0 Å². The van der Waals surface area contributed by atoms with Crippen molar-refractivity contribution in [2.24, 2.45) is 0 Å². The average molecular weight is 300 g/mol. The van der Waals surface area contributed by atoms with E-state index in [0.717, 1.165) is 0 Å². The standard InChI is InChI=1S/C11H8ClN2O4P/c1-7-6-13-11(16)14(10(7)15)19(17)18-9-5-3-2-4-8(9)12/h2-6H,1H3/p+1. The minimum atomic E-state index is -2.70. The average Bonchev–Trinajstić information content (AvgIpc) is 2.37. The fraction of sp³-hybridized carbons (Fsp3) is 0.0909. The lowest BCUT2D eigenvalue weighted by Crippen LogP contribution is -2.32. The van der Waals surface area contributed by atoms with Crippen molar-refractivity contribution in [2.75, 3.05) is 0 Å². The van der Waals surface area contributed by atoms with Gasteiger partial charge in [-0.1, -0.05) is 23.7 Å². The number of hydrogen-bond acceptors (Lipinski definition) is 4. The molecule has 2 rings (SSSR count). The van der Waals surface area contributed by atoms with Crippen LogP contribution in [0.5, 0.6) is 5.75 Å². The molecule has 1 N–H and O–H groups in total. The van der Waals surface area contributed by atoms with Crippen molar-refractivity contribution in [1.82, 2.24) is 9.32 Å². The third-order valence-electron chi connectivity index (χ3n) is 2.31. The maximum atomic E-state index is 12.0. The molecule has 0 aliphatic heterocycles. The molecule has 6 nitrogen and oxygen atoms in total. The van der Waals surface area contributed by atoms with Crippen LogP contribution in [0.4, 0.5) is 0 Å². The molecule has 0 aliphatic rings. The molecule has 1 aromatic heterocycles. The summed E-state index contributed by atoms with van der Waals surface area (Å²) in [6, 6.07) is 6.34. The van der Waals surface area contributed by atoms with Crippen molar-refractivity contribution >= 4 is 19.8 Å². The molecule has 0 saturated heterocycles. The summed E-state index contributed by atoms with van der Waals surface area (Å²) in [5.74, 6) is 0.137. The number of hydrogen-bond donors (Lipinski definition) is 1. The van der Waals surface area contributed by atoms with Crippen molar-refractivity contribution in [3.63, 3.8) is 0 Å². The van der Waals surface area contributed by atoms with Gasteiger partial charge in [0.05, 0.1) is 5.02 Å². The predicted octanol–water partition coefficient (Wildman–Crippen LogP) is 2.08. The number of nitrogens with one attached hydrogen (secondary N) is 1. The van der Waals surface area contributed by atoms with Gasteiger partial charge < -0.3 is 4.98 Å². The van der Waals surface area contributed by atoms with E-state index < -0.39 is 19.4 Å². The molecule has 2 aromatic rings. The summed E-state index contributed by atoms with van der Waals surface area (Å²) in [5, 5.41) is 0.239.